The number of amides is 1. The third-order valence-electron chi connectivity index (χ3n) is 8.75. The summed E-state index contributed by atoms with van der Waals surface area (Å²) in [6.45, 7) is 13.0. The Morgan fingerprint density at radius 1 is 0.911 bits per heavy atom. The van der Waals surface area contributed by atoms with Crippen LogP contribution in [0.1, 0.15) is 69.4 Å². The molecule has 10 heteroatoms. The molecule has 240 valence electrons. The van der Waals surface area contributed by atoms with E-state index in [9.17, 15) is 14.4 Å². The van der Waals surface area contributed by atoms with Gasteiger partial charge in [-0.15, -0.1) is 0 Å². The SMILES string of the molecule is CC.CC(C)=CCn1c(N2CCCNCC2)c(C(=O)N2CCCCC2)c2c1c(=O)n(Cc1nccc3ccccc13)c(=O)n2C. The fourth-order valence-corrected chi connectivity index (χ4v) is 6.52. The molecule has 0 radical (unpaired) electrons. The molecule has 4 aromatic rings. The van der Waals surface area contributed by atoms with Crippen LogP contribution in [0.25, 0.3) is 21.8 Å². The standard InChI is InChI=1S/C33H41N7O3.C2H6/c1-23(2)13-20-39-29-28(27(31(41)38-17-7-4-8-18-38)30(39)37-19-9-14-34-16-21-37)36(3)33(43)40(32(29)42)22-26-25-11-6-5-10-24(25)12-15-35-26;1-2/h5-6,10-13,15,34H,4,7-9,14,16-22H2,1-3H3;1-2H3. The Balaban J connectivity index is 0.00000196. The van der Waals surface area contributed by atoms with Crippen LogP contribution in [0.5, 0.6) is 0 Å². The summed E-state index contributed by atoms with van der Waals surface area (Å²) in [6.07, 6.45) is 7.71. The average molecular weight is 614 g/mol. The Morgan fingerprint density at radius 2 is 1.67 bits per heavy atom. The first kappa shape index (κ1) is 32.2. The molecule has 0 atom stereocenters. The normalized spacial score (nSPS) is 15.5. The molecule has 1 N–H and O–H groups in total. The third-order valence-corrected chi connectivity index (χ3v) is 8.75. The highest BCUT2D eigenvalue weighted by Crippen LogP contribution is 2.33. The largest absolute Gasteiger partial charge is 0.356 e. The first-order chi connectivity index (χ1) is 21.9. The third kappa shape index (κ3) is 6.33. The number of aryl methyl sites for hydroxylation is 1. The number of nitrogens with zero attached hydrogens (tertiary/aromatic N) is 6. The highest BCUT2D eigenvalue weighted by Gasteiger charge is 2.34. The van der Waals surface area contributed by atoms with Gasteiger partial charge in [0.15, 0.2) is 0 Å². The molecule has 10 nitrogen and oxygen atoms in total. The van der Waals surface area contributed by atoms with Gasteiger partial charge in [-0.25, -0.2) is 4.79 Å². The summed E-state index contributed by atoms with van der Waals surface area (Å²) in [4.78, 5) is 51.7. The molecule has 6 rings (SSSR count). The van der Waals surface area contributed by atoms with Gasteiger partial charge in [0.25, 0.3) is 11.5 Å². The van der Waals surface area contributed by atoms with Crippen molar-refractivity contribution in [1.82, 2.24) is 28.9 Å². The van der Waals surface area contributed by atoms with Gasteiger partial charge in [0.2, 0.25) is 0 Å². The second-order valence-electron chi connectivity index (χ2n) is 11.9. The van der Waals surface area contributed by atoms with Gasteiger partial charge >= 0.3 is 5.69 Å². The Kier molecular flexibility index (Phi) is 10.2. The lowest BCUT2D eigenvalue weighted by Crippen LogP contribution is -2.41. The number of aromatic nitrogens is 4. The van der Waals surface area contributed by atoms with Crippen LogP contribution >= 0.6 is 0 Å². The second kappa shape index (κ2) is 14.3. The van der Waals surface area contributed by atoms with Crippen LogP contribution in [0.15, 0.2) is 57.8 Å². The van der Waals surface area contributed by atoms with E-state index in [1.807, 2.05) is 67.5 Å². The van der Waals surface area contributed by atoms with E-state index in [0.717, 1.165) is 67.5 Å². The van der Waals surface area contributed by atoms with E-state index in [1.165, 1.54) is 9.13 Å². The van der Waals surface area contributed by atoms with E-state index in [1.54, 1.807) is 13.2 Å². The first-order valence-electron chi connectivity index (χ1n) is 16.4. The van der Waals surface area contributed by atoms with E-state index in [4.69, 9.17) is 0 Å². The number of hydrogen-bond acceptors (Lipinski definition) is 6. The minimum atomic E-state index is -0.455. The minimum Gasteiger partial charge on any atom is -0.356 e. The Labute approximate surface area is 265 Å². The van der Waals surface area contributed by atoms with Crippen molar-refractivity contribution in [2.45, 2.75) is 66.5 Å². The summed E-state index contributed by atoms with van der Waals surface area (Å²) >= 11 is 0. The van der Waals surface area contributed by atoms with Gasteiger partial charge in [0, 0.05) is 57.9 Å². The number of hydrogen-bond donors (Lipinski definition) is 1. The molecule has 0 aliphatic carbocycles. The molecule has 2 fully saturated rings. The average Bonchev–Trinajstić information content (AvgIpc) is 3.19. The van der Waals surface area contributed by atoms with Gasteiger partial charge in [0.05, 0.1) is 17.8 Å². The monoisotopic (exact) mass is 613 g/mol. The summed E-state index contributed by atoms with van der Waals surface area (Å²) in [5, 5.41) is 5.36. The number of pyridine rings is 1. The van der Waals surface area contributed by atoms with Crippen molar-refractivity contribution in [3.8, 4) is 0 Å². The van der Waals surface area contributed by atoms with Crippen molar-refractivity contribution in [3.05, 3.63) is 80.3 Å². The summed E-state index contributed by atoms with van der Waals surface area (Å²) in [5.41, 5.74) is 2.18. The molecule has 1 aromatic carbocycles. The molecular weight excluding hydrogens is 566 g/mol. The molecule has 0 saturated carbocycles. The number of benzene rings is 1. The predicted molar refractivity (Wildman–Crippen MR) is 183 cm³/mol. The molecule has 1 amide bonds. The van der Waals surface area contributed by atoms with Crippen molar-refractivity contribution in [2.24, 2.45) is 7.05 Å². The molecule has 0 bridgehead atoms. The smallest absolute Gasteiger partial charge is 0.331 e. The van der Waals surface area contributed by atoms with Crippen molar-refractivity contribution in [2.75, 3.05) is 44.2 Å². The topological polar surface area (TPSA) is 97.4 Å². The van der Waals surface area contributed by atoms with E-state index in [-0.39, 0.29) is 12.5 Å². The lowest BCUT2D eigenvalue weighted by Gasteiger charge is -2.29. The zero-order chi connectivity index (χ0) is 32.1. The van der Waals surface area contributed by atoms with Crippen LogP contribution in [0, 0.1) is 0 Å². The van der Waals surface area contributed by atoms with Gasteiger partial charge in [-0.3, -0.25) is 23.7 Å². The minimum absolute atomic E-state index is 0.0367. The van der Waals surface area contributed by atoms with Crippen molar-refractivity contribution < 1.29 is 4.79 Å². The maximum Gasteiger partial charge on any atom is 0.331 e. The zero-order valence-electron chi connectivity index (χ0n) is 27.4. The maximum absolute atomic E-state index is 14.5. The van der Waals surface area contributed by atoms with Crippen molar-refractivity contribution in [3.63, 3.8) is 0 Å². The molecule has 45 heavy (non-hydrogen) atoms. The number of fused-ring (bicyclic) bond motifs is 2. The number of rotatable bonds is 6. The number of allylic oxidation sites excluding steroid dienone is 2. The molecule has 2 saturated heterocycles. The van der Waals surface area contributed by atoms with E-state index >= 15 is 0 Å². The van der Waals surface area contributed by atoms with Gasteiger partial charge in [-0.2, -0.15) is 0 Å². The lowest BCUT2D eigenvalue weighted by atomic mass is 10.1. The Morgan fingerprint density at radius 3 is 2.42 bits per heavy atom. The molecule has 2 aliphatic heterocycles. The molecular formula is C35H47N7O3. The number of piperidine rings is 1. The molecule has 2 aliphatic rings. The number of anilines is 1. The quantitative estimate of drug-likeness (QED) is 0.322. The number of likely N-dealkylation sites (tertiary alicyclic amines) is 1. The maximum atomic E-state index is 14.5. The Bertz CT molecular complexity index is 1810. The highest BCUT2D eigenvalue weighted by atomic mass is 16.2. The predicted octanol–water partition coefficient (Wildman–Crippen LogP) is 4.52. The van der Waals surface area contributed by atoms with Crippen molar-refractivity contribution >= 4 is 33.5 Å². The number of carbonyl (C=O) groups is 1. The molecule has 0 unspecified atom stereocenters. The van der Waals surface area contributed by atoms with Crippen LogP contribution in [-0.4, -0.2) is 68.8 Å². The fraction of sp³-hybridized carbons (Fsp3) is 0.486. The second-order valence-corrected chi connectivity index (χ2v) is 11.9. The number of carbonyl (C=O) groups excluding carboxylic acids is 1. The summed E-state index contributed by atoms with van der Waals surface area (Å²) < 4.78 is 4.77. The van der Waals surface area contributed by atoms with Crippen LogP contribution in [0.3, 0.4) is 0 Å². The summed E-state index contributed by atoms with van der Waals surface area (Å²) in [5.74, 6) is 0.635. The van der Waals surface area contributed by atoms with Crippen molar-refractivity contribution in [1.29, 1.82) is 0 Å². The van der Waals surface area contributed by atoms with Gasteiger partial charge < -0.3 is 19.7 Å². The van der Waals surface area contributed by atoms with Crippen LogP contribution in [-0.2, 0) is 20.1 Å². The van der Waals surface area contributed by atoms with Crippen LogP contribution in [0.2, 0.25) is 0 Å². The summed E-state index contributed by atoms with van der Waals surface area (Å²) in [7, 11) is 1.68. The van der Waals surface area contributed by atoms with Crippen LogP contribution in [0.4, 0.5) is 5.82 Å². The summed E-state index contributed by atoms with van der Waals surface area (Å²) in [6, 6.07) is 9.78. The first-order valence-corrected chi connectivity index (χ1v) is 16.4. The van der Waals surface area contributed by atoms with Gasteiger partial charge in [0.1, 0.15) is 16.9 Å². The fourth-order valence-electron chi connectivity index (χ4n) is 6.52. The van der Waals surface area contributed by atoms with E-state index in [2.05, 4.69) is 21.3 Å². The van der Waals surface area contributed by atoms with Crippen LogP contribution < -0.4 is 21.5 Å². The van der Waals surface area contributed by atoms with E-state index < -0.39 is 11.2 Å². The molecule has 0 spiro atoms. The lowest BCUT2D eigenvalue weighted by molar-refractivity contribution is 0.0726. The van der Waals surface area contributed by atoms with Gasteiger partial charge in [-0.05, 0) is 57.5 Å². The van der Waals surface area contributed by atoms with Gasteiger partial charge in [-0.1, -0.05) is 49.8 Å². The highest BCUT2D eigenvalue weighted by molar-refractivity contribution is 6.11. The zero-order valence-corrected chi connectivity index (χ0v) is 27.4. The molecule has 3 aromatic heterocycles. The van der Waals surface area contributed by atoms with E-state index in [0.29, 0.717) is 48.5 Å². The molecule has 5 heterocycles. The Hall–Kier alpha value is -4.18. The number of nitrogens with one attached hydrogen (secondary N) is 1.